The molecule has 0 unspecified atom stereocenters. The number of nitrogens with two attached hydrogens (primary N) is 1. The van der Waals surface area contributed by atoms with Crippen molar-refractivity contribution in [2.75, 3.05) is 18.8 Å². The van der Waals surface area contributed by atoms with Crippen molar-refractivity contribution >= 4 is 28.9 Å². The number of benzene rings is 1. The first-order valence-electron chi connectivity index (χ1n) is 7.07. The number of halogens is 2. The molecule has 2 N–H and O–H groups in total. The van der Waals surface area contributed by atoms with Crippen molar-refractivity contribution in [1.29, 1.82) is 0 Å². The van der Waals surface area contributed by atoms with Gasteiger partial charge in [0.05, 0.1) is 15.7 Å². The number of hydrogen-bond acceptors (Lipinski definition) is 2. The Labute approximate surface area is 124 Å². The van der Waals surface area contributed by atoms with Crippen molar-refractivity contribution < 1.29 is 0 Å². The van der Waals surface area contributed by atoms with E-state index >= 15 is 0 Å². The molecule has 0 heterocycles. The average Bonchev–Trinajstić information content (AvgIpc) is 3.22. The van der Waals surface area contributed by atoms with Gasteiger partial charge in [-0.3, -0.25) is 4.90 Å². The standard InChI is InChI=1S/C15H20Cl2N2/c16-13-5-12(6-14(17)15(13)18)9-19(7-10-1-2-10)8-11-3-4-11/h5-6,10-11H,1-4,7-9,18H2. The minimum Gasteiger partial charge on any atom is -0.396 e. The van der Waals surface area contributed by atoms with Crippen LogP contribution in [0.3, 0.4) is 0 Å². The summed E-state index contributed by atoms with van der Waals surface area (Å²) in [5.74, 6) is 1.83. The molecule has 104 valence electrons. The Morgan fingerprint density at radius 1 is 1.00 bits per heavy atom. The predicted molar refractivity (Wildman–Crippen MR) is 81.6 cm³/mol. The van der Waals surface area contributed by atoms with Crippen LogP contribution in [0.15, 0.2) is 12.1 Å². The Morgan fingerprint density at radius 2 is 1.47 bits per heavy atom. The number of nitrogen functional groups attached to an aromatic ring is 1. The van der Waals surface area contributed by atoms with Gasteiger partial charge in [-0.05, 0) is 55.2 Å². The van der Waals surface area contributed by atoms with Crippen LogP contribution in [0.2, 0.25) is 10.0 Å². The van der Waals surface area contributed by atoms with Gasteiger partial charge in [0.1, 0.15) is 0 Å². The Bertz CT molecular complexity index is 430. The van der Waals surface area contributed by atoms with Gasteiger partial charge in [-0.15, -0.1) is 0 Å². The third-order valence-corrected chi connectivity index (χ3v) is 4.60. The van der Waals surface area contributed by atoms with E-state index in [2.05, 4.69) is 4.90 Å². The van der Waals surface area contributed by atoms with Crippen molar-refractivity contribution in [3.05, 3.63) is 27.7 Å². The molecule has 3 rings (SSSR count). The van der Waals surface area contributed by atoms with Crippen molar-refractivity contribution in [1.82, 2.24) is 4.90 Å². The largest absolute Gasteiger partial charge is 0.396 e. The van der Waals surface area contributed by atoms with Crippen LogP contribution < -0.4 is 5.73 Å². The summed E-state index contributed by atoms with van der Waals surface area (Å²) < 4.78 is 0. The van der Waals surface area contributed by atoms with Crippen LogP contribution >= 0.6 is 23.2 Å². The normalized spacial score (nSPS) is 19.1. The fourth-order valence-electron chi connectivity index (χ4n) is 2.52. The van der Waals surface area contributed by atoms with Crippen molar-refractivity contribution in [2.45, 2.75) is 32.2 Å². The summed E-state index contributed by atoms with van der Waals surface area (Å²) >= 11 is 12.2. The fourth-order valence-corrected chi connectivity index (χ4v) is 3.05. The molecule has 0 saturated heterocycles. The summed E-state index contributed by atoms with van der Waals surface area (Å²) in [6.07, 6.45) is 5.57. The molecule has 2 aliphatic rings. The van der Waals surface area contributed by atoms with E-state index in [-0.39, 0.29) is 0 Å². The summed E-state index contributed by atoms with van der Waals surface area (Å²) in [7, 11) is 0. The number of rotatable bonds is 6. The van der Waals surface area contributed by atoms with E-state index in [4.69, 9.17) is 28.9 Å². The van der Waals surface area contributed by atoms with Crippen molar-refractivity contribution in [2.24, 2.45) is 11.8 Å². The van der Waals surface area contributed by atoms with E-state index in [0.29, 0.717) is 15.7 Å². The third-order valence-electron chi connectivity index (χ3n) is 3.97. The Kier molecular flexibility index (Phi) is 3.93. The molecule has 19 heavy (non-hydrogen) atoms. The van der Waals surface area contributed by atoms with Gasteiger partial charge in [-0.1, -0.05) is 23.2 Å². The third kappa shape index (κ3) is 3.77. The molecule has 1 aromatic rings. The maximum absolute atomic E-state index is 6.11. The number of hydrogen-bond donors (Lipinski definition) is 1. The minimum atomic E-state index is 0.489. The summed E-state index contributed by atoms with van der Waals surface area (Å²) in [6, 6.07) is 3.91. The smallest absolute Gasteiger partial charge is 0.0693 e. The molecule has 4 heteroatoms. The second kappa shape index (κ2) is 5.51. The molecule has 2 aliphatic carbocycles. The number of nitrogens with zero attached hydrogens (tertiary/aromatic N) is 1. The van der Waals surface area contributed by atoms with Crippen LogP contribution in [-0.4, -0.2) is 18.0 Å². The quantitative estimate of drug-likeness (QED) is 0.798. The van der Waals surface area contributed by atoms with Gasteiger partial charge in [-0.2, -0.15) is 0 Å². The second-order valence-corrected chi connectivity index (χ2v) is 6.87. The van der Waals surface area contributed by atoms with Gasteiger partial charge in [0.25, 0.3) is 0 Å². The van der Waals surface area contributed by atoms with E-state index in [0.717, 1.165) is 18.4 Å². The summed E-state index contributed by atoms with van der Waals surface area (Å²) in [6.45, 7) is 3.37. The van der Waals surface area contributed by atoms with E-state index in [1.54, 1.807) is 0 Å². The molecular formula is C15H20Cl2N2. The minimum absolute atomic E-state index is 0.489. The zero-order valence-corrected chi connectivity index (χ0v) is 12.6. The Morgan fingerprint density at radius 3 is 1.89 bits per heavy atom. The topological polar surface area (TPSA) is 29.3 Å². The first-order valence-corrected chi connectivity index (χ1v) is 7.83. The highest BCUT2D eigenvalue weighted by molar-refractivity contribution is 6.38. The highest BCUT2D eigenvalue weighted by Gasteiger charge is 2.29. The van der Waals surface area contributed by atoms with Crippen molar-refractivity contribution in [3.8, 4) is 0 Å². The van der Waals surface area contributed by atoms with E-state index in [9.17, 15) is 0 Å². The van der Waals surface area contributed by atoms with Gasteiger partial charge in [0, 0.05) is 19.6 Å². The molecule has 2 nitrogen and oxygen atoms in total. The highest BCUT2D eigenvalue weighted by Crippen LogP contribution is 2.35. The van der Waals surface area contributed by atoms with Crippen LogP contribution in [0.4, 0.5) is 5.69 Å². The lowest BCUT2D eigenvalue weighted by Gasteiger charge is -2.22. The summed E-state index contributed by atoms with van der Waals surface area (Å²) in [4.78, 5) is 2.56. The molecule has 0 aliphatic heterocycles. The van der Waals surface area contributed by atoms with Crippen LogP contribution in [0.5, 0.6) is 0 Å². The molecular weight excluding hydrogens is 279 g/mol. The van der Waals surface area contributed by atoms with E-state index < -0.39 is 0 Å². The molecule has 0 bridgehead atoms. The lowest BCUT2D eigenvalue weighted by molar-refractivity contribution is 0.244. The second-order valence-electron chi connectivity index (χ2n) is 6.05. The maximum Gasteiger partial charge on any atom is 0.0693 e. The zero-order valence-electron chi connectivity index (χ0n) is 11.0. The summed E-state index contributed by atoms with van der Waals surface area (Å²) in [5.41, 5.74) is 7.45. The zero-order chi connectivity index (χ0) is 13.4. The van der Waals surface area contributed by atoms with Gasteiger partial charge < -0.3 is 5.73 Å². The molecule has 0 atom stereocenters. The first kappa shape index (κ1) is 13.5. The molecule has 0 radical (unpaired) electrons. The van der Waals surface area contributed by atoms with E-state index in [1.165, 1.54) is 44.3 Å². The molecule has 2 fully saturated rings. The van der Waals surface area contributed by atoms with Gasteiger partial charge in [0.2, 0.25) is 0 Å². The lowest BCUT2D eigenvalue weighted by Crippen LogP contribution is -2.27. The Hall–Kier alpha value is -0.440. The number of anilines is 1. The summed E-state index contributed by atoms with van der Waals surface area (Å²) in [5, 5.41) is 1.14. The highest BCUT2D eigenvalue weighted by atomic mass is 35.5. The van der Waals surface area contributed by atoms with Gasteiger partial charge in [0.15, 0.2) is 0 Å². The van der Waals surface area contributed by atoms with Crippen LogP contribution in [0.1, 0.15) is 31.2 Å². The molecule has 0 aromatic heterocycles. The monoisotopic (exact) mass is 298 g/mol. The van der Waals surface area contributed by atoms with Crippen LogP contribution in [0.25, 0.3) is 0 Å². The SMILES string of the molecule is Nc1c(Cl)cc(CN(CC2CC2)CC2CC2)cc1Cl. The predicted octanol–water partition coefficient (Wildman–Crippen LogP) is 4.20. The van der Waals surface area contributed by atoms with Gasteiger partial charge in [-0.25, -0.2) is 0 Å². The van der Waals surface area contributed by atoms with Gasteiger partial charge >= 0.3 is 0 Å². The van der Waals surface area contributed by atoms with Crippen LogP contribution in [0, 0.1) is 11.8 Å². The van der Waals surface area contributed by atoms with Crippen molar-refractivity contribution in [3.63, 3.8) is 0 Å². The Balaban J connectivity index is 1.68. The van der Waals surface area contributed by atoms with Crippen LogP contribution in [-0.2, 0) is 6.54 Å². The molecule has 0 spiro atoms. The average molecular weight is 299 g/mol. The molecule has 0 amide bonds. The molecule has 2 saturated carbocycles. The fraction of sp³-hybridized carbons (Fsp3) is 0.600. The maximum atomic E-state index is 6.11. The van der Waals surface area contributed by atoms with E-state index in [1.807, 2.05) is 12.1 Å². The molecule has 1 aromatic carbocycles. The lowest BCUT2D eigenvalue weighted by atomic mass is 10.1. The first-order chi connectivity index (χ1) is 9.11.